The number of benzene rings is 1. The monoisotopic (exact) mass is 310 g/mol. The van der Waals surface area contributed by atoms with Gasteiger partial charge in [0, 0.05) is 19.3 Å². The minimum absolute atomic E-state index is 0.0142. The highest BCUT2D eigenvalue weighted by atomic mass is 35.5. The zero-order valence-corrected chi connectivity index (χ0v) is 12.8. The van der Waals surface area contributed by atoms with Crippen LogP contribution in [0.25, 0.3) is 0 Å². The van der Waals surface area contributed by atoms with Crippen LogP contribution in [0, 0.1) is 0 Å². The average molecular weight is 311 g/mol. The van der Waals surface area contributed by atoms with Gasteiger partial charge in [0.15, 0.2) is 0 Å². The second-order valence-electron chi connectivity index (χ2n) is 4.40. The minimum atomic E-state index is -3.68. The second-order valence-corrected chi connectivity index (χ2v) is 6.72. The highest BCUT2D eigenvalue weighted by Gasteiger charge is 2.28. The Balaban J connectivity index is 2.38. The fourth-order valence-electron chi connectivity index (χ4n) is 1.87. The number of pyridine rings is 1. The van der Waals surface area contributed by atoms with Crippen LogP contribution in [0.4, 0.5) is 0 Å². The Bertz CT molecular complexity index is 689. The summed E-state index contributed by atoms with van der Waals surface area (Å²) in [6.07, 6.45) is 1.46. The summed E-state index contributed by atoms with van der Waals surface area (Å²) in [6, 6.07) is 12.1. The van der Waals surface area contributed by atoms with Crippen molar-refractivity contribution >= 4 is 21.6 Å². The summed E-state index contributed by atoms with van der Waals surface area (Å²) >= 11 is 5.89. The molecule has 4 nitrogen and oxygen atoms in total. The molecule has 2 aromatic rings. The van der Waals surface area contributed by atoms with Gasteiger partial charge < -0.3 is 0 Å². The second kappa shape index (κ2) is 5.91. The molecule has 0 fully saturated rings. The number of hydrogen-bond donors (Lipinski definition) is 0. The van der Waals surface area contributed by atoms with E-state index < -0.39 is 10.0 Å². The third kappa shape index (κ3) is 2.85. The number of aromatic nitrogens is 1. The van der Waals surface area contributed by atoms with Gasteiger partial charge in [0.05, 0.1) is 0 Å². The molecular weight excluding hydrogens is 296 g/mol. The van der Waals surface area contributed by atoms with Crippen LogP contribution in [-0.2, 0) is 10.0 Å². The lowest BCUT2D eigenvalue weighted by atomic mass is 10.1. The van der Waals surface area contributed by atoms with Crippen molar-refractivity contribution in [2.45, 2.75) is 17.9 Å². The summed E-state index contributed by atoms with van der Waals surface area (Å²) in [6.45, 7) is 1.83. The molecule has 0 saturated heterocycles. The minimum Gasteiger partial charge on any atom is -0.243 e. The maximum absolute atomic E-state index is 12.6. The summed E-state index contributed by atoms with van der Waals surface area (Å²) in [5.41, 5.74) is 0.915. The number of hydrogen-bond acceptors (Lipinski definition) is 3. The zero-order valence-electron chi connectivity index (χ0n) is 11.2. The van der Waals surface area contributed by atoms with Crippen molar-refractivity contribution in [1.82, 2.24) is 9.29 Å². The highest BCUT2D eigenvalue weighted by molar-refractivity contribution is 7.89. The summed E-state index contributed by atoms with van der Waals surface area (Å²) < 4.78 is 26.4. The van der Waals surface area contributed by atoms with Crippen molar-refractivity contribution in [3.8, 4) is 0 Å². The molecule has 0 radical (unpaired) electrons. The van der Waals surface area contributed by atoms with Crippen molar-refractivity contribution in [2.75, 3.05) is 7.05 Å². The van der Waals surface area contributed by atoms with Gasteiger partial charge in [-0.15, -0.1) is 0 Å². The molecule has 0 aliphatic heterocycles. The molecule has 1 unspecified atom stereocenters. The molecule has 2 rings (SSSR count). The lowest BCUT2D eigenvalue weighted by Gasteiger charge is -2.24. The molecule has 0 saturated carbocycles. The van der Waals surface area contributed by atoms with Crippen molar-refractivity contribution in [3.05, 3.63) is 59.4 Å². The van der Waals surface area contributed by atoms with E-state index in [1.54, 1.807) is 6.07 Å². The third-order valence-electron chi connectivity index (χ3n) is 3.21. The zero-order chi connectivity index (χ0) is 14.8. The van der Waals surface area contributed by atoms with Crippen LogP contribution in [0.1, 0.15) is 18.5 Å². The van der Waals surface area contributed by atoms with Crippen molar-refractivity contribution in [2.24, 2.45) is 0 Å². The molecule has 1 aromatic heterocycles. The van der Waals surface area contributed by atoms with Gasteiger partial charge in [-0.05, 0) is 24.6 Å². The van der Waals surface area contributed by atoms with E-state index in [4.69, 9.17) is 11.6 Å². The number of rotatable bonds is 4. The first-order valence-electron chi connectivity index (χ1n) is 6.08. The van der Waals surface area contributed by atoms with Crippen molar-refractivity contribution in [3.63, 3.8) is 0 Å². The van der Waals surface area contributed by atoms with Crippen molar-refractivity contribution < 1.29 is 8.42 Å². The molecule has 0 aliphatic rings. The highest BCUT2D eigenvalue weighted by Crippen LogP contribution is 2.28. The maximum atomic E-state index is 12.6. The maximum Gasteiger partial charge on any atom is 0.246 e. The largest absolute Gasteiger partial charge is 0.246 e. The van der Waals surface area contributed by atoms with Gasteiger partial charge in [-0.2, -0.15) is 4.31 Å². The molecule has 0 aliphatic carbocycles. The van der Waals surface area contributed by atoms with Crippen LogP contribution >= 0.6 is 11.6 Å². The SMILES string of the molecule is CC(c1ccccc1)N(C)S(=O)(=O)c1cccnc1Cl. The van der Waals surface area contributed by atoms with E-state index in [0.29, 0.717) is 0 Å². The number of sulfonamides is 1. The Morgan fingerprint density at radius 2 is 1.80 bits per heavy atom. The van der Waals surface area contributed by atoms with Gasteiger partial charge in [-0.25, -0.2) is 13.4 Å². The fourth-order valence-corrected chi connectivity index (χ4v) is 3.64. The van der Waals surface area contributed by atoms with E-state index in [9.17, 15) is 8.42 Å². The van der Waals surface area contributed by atoms with E-state index in [1.807, 2.05) is 37.3 Å². The quantitative estimate of drug-likeness (QED) is 0.815. The number of halogens is 1. The average Bonchev–Trinajstić information content (AvgIpc) is 2.47. The van der Waals surface area contributed by atoms with E-state index in [-0.39, 0.29) is 16.1 Å². The Hall–Kier alpha value is -1.43. The lowest BCUT2D eigenvalue weighted by molar-refractivity contribution is 0.398. The van der Waals surface area contributed by atoms with Gasteiger partial charge in [-0.1, -0.05) is 41.9 Å². The standard InChI is InChI=1S/C14H15ClN2O2S/c1-11(12-7-4-3-5-8-12)17(2)20(18,19)13-9-6-10-16-14(13)15/h3-11H,1-2H3. The molecule has 0 N–H and O–H groups in total. The molecule has 1 heterocycles. The summed E-state index contributed by atoms with van der Waals surface area (Å²) in [5.74, 6) is 0. The molecule has 0 bridgehead atoms. The van der Waals surface area contributed by atoms with Crippen LogP contribution in [0.3, 0.4) is 0 Å². The van der Waals surface area contributed by atoms with E-state index in [1.165, 1.54) is 23.6 Å². The normalized spacial score (nSPS) is 13.4. The van der Waals surface area contributed by atoms with Gasteiger partial charge in [0.25, 0.3) is 0 Å². The van der Waals surface area contributed by atoms with Crippen LogP contribution in [0.5, 0.6) is 0 Å². The number of nitrogens with zero attached hydrogens (tertiary/aromatic N) is 2. The molecule has 0 spiro atoms. The molecule has 20 heavy (non-hydrogen) atoms. The van der Waals surface area contributed by atoms with Crippen LogP contribution < -0.4 is 0 Å². The smallest absolute Gasteiger partial charge is 0.243 e. The van der Waals surface area contributed by atoms with Crippen molar-refractivity contribution in [1.29, 1.82) is 0 Å². The first-order valence-corrected chi connectivity index (χ1v) is 7.90. The van der Waals surface area contributed by atoms with Crippen LogP contribution in [0.15, 0.2) is 53.6 Å². The molecular formula is C14H15ClN2O2S. The van der Waals surface area contributed by atoms with Crippen LogP contribution in [0.2, 0.25) is 5.15 Å². The van der Waals surface area contributed by atoms with Gasteiger partial charge in [0.1, 0.15) is 10.0 Å². The van der Waals surface area contributed by atoms with E-state index in [0.717, 1.165) is 5.56 Å². The Morgan fingerprint density at radius 3 is 2.40 bits per heavy atom. The summed E-state index contributed by atoms with van der Waals surface area (Å²) in [7, 11) is -2.14. The molecule has 0 amide bonds. The summed E-state index contributed by atoms with van der Waals surface area (Å²) in [5, 5.41) is -0.0142. The first kappa shape index (κ1) is 15.0. The van der Waals surface area contributed by atoms with E-state index >= 15 is 0 Å². The van der Waals surface area contributed by atoms with Gasteiger partial charge >= 0.3 is 0 Å². The summed E-state index contributed by atoms with van der Waals surface area (Å²) in [4.78, 5) is 3.84. The van der Waals surface area contributed by atoms with Gasteiger partial charge in [0.2, 0.25) is 10.0 Å². The predicted octanol–water partition coefficient (Wildman–Crippen LogP) is 3.12. The predicted molar refractivity (Wildman–Crippen MR) is 79.1 cm³/mol. The molecule has 1 atom stereocenters. The Kier molecular flexibility index (Phi) is 4.42. The first-order chi connectivity index (χ1) is 9.44. The fraction of sp³-hybridized carbons (Fsp3) is 0.214. The lowest BCUT2D eigenvalue weighted by Crippen LogP contribution is -2.30. The molecule has 1 aromatic carbocycles. The molecule has 6 heteroatoms. The van der Waals surface area contributed by atoms with Gasteiger partial charge in [-0.3, -0.25) is 0 Å². The third-order valence-corrected chi connectivity index (χ3v) is 5.58. The molecule has 106 valence electrons. The Morgan fingerprint density at radius 1 is 1.15 bits per heavy atom. The van der Waals surface area contributed by atoms with Crippen LogP contribution in [-0.4, -0.2) is 24.8 Å². The van der Waals surface area contributed by atoms with E-state index in [2.05, 4.69) is 4.98 Å². The Labute approximate surface area is 124 Å². The topological polar surface area (TPSA) is 50.3 Å².